The molecular formula is C10H17F3N2O4. The van der Waals surface area contributed by atoms with Crippen LogP contribution in [0.5, 0.6) is 0 Å². The molecular weight excluding hydrogens is 269 g/mol. The van der Waals surface area contributed by atoms with E-state index in [1.54, 1.807) is 0 Å². The summed E-state index contributed by atoms with van der Waals surface area (Å²) < 4.78 is 32.4. The first-order valence-corrected chi connectivity index (χ1v) is 5.41. The molecule has 0 aliphatic carbocycles. The Bertz CT molecular complexity index is 339. The maximum absolute atomic E-state index is 10.6. The maximum atomic E-state index is 10.6. The average Bonchev–Trinajstić information content (AvgIpc) is 2.64. The van der Waals surface area contributed by atoms with Gasteiger partial charge < -0.3 is 19.5 Å². The Balaban J connectivity index is 0.000000399. The number of nitrogens with one attached hydrogen (secondary N) is 1. The number of carbonyl (C=O) groups excluding carboxylic acids is 1. The van der Waals surface area contributed by atoms with E-state index in [1.807, 2.05) is 0 Å². The van der Waals surface area contributed by atoms with Crippen LogP contribution in [-0.4, -0.2) is 67.5 Å². The number of halogens is 3. The number of hydrogen-bond acceptors (Lipinski definition) is 4. The van der Waals surface area contributed by atoms with E-state index in [9.17, 15) is 18.0 Å². The van der Waals surface area contributed by atoms with Gasteiger partial charge in [-0.1, -0.05) is 0 Å². The summed E-state index contributed by atoms with van der Waals surface area (Å²) in [5.74, 6) is -3.74. The van der Waals surface area contributed by atoms with E-state index in [0.29, 0.717) is 6.04 Å². The molecule has 6 nitrogen and oxygen atoms in total. The predicted molar refractivity (Wildman–Crippen MR) is 56.9 cm³/mol. The summed E-state index contributed by atoms with van der Waals surface area (Å²) in [6.45, 7) is 0.806. The second kappa shape index (κ2) is 6.20. The third-order valence-electron chi connectivity index (χ3n) is 2.73. The molecule has 1 aliphatic rings. The molecule has 0 unspecified atom stereocenters. The highest BCUT2D eigenvalue weighted by Crippen LogP contribution is 2.15. The van der Waals surface area contributed by atoms with Gasteiger partial charge in [0.1, 0.15) is 18.1 Å². The van der Waals surface area contributed by atoms with E-state index in [0.717, 1.165) is 17.4 Å². The third kappa shape index (κ3) is 6.39. The van der Waals surface area contributed by atoms with Crippen molar-refractivity contribution in [1.82, 2.24) is 5.32 Å². The summed E-state index contributed by atoms with van der Waals surface area (Å²) in [6, 6.07) is 0.0819. The molecule has 112 valence electrons. The Morgan fingerprint density at radius 3 is 1.89 bits per heavy atom. The Kier molecular flexibility index (Phi) is 5.76. The normalized spacial score (nSPS) is 23.5. The number of alkyl halides is 3. The van der Waals surface area contributed by atoms with Crippen molar-refractivity contribution in [3.05, 3.63) is 0 Å². The largest absolute Gasteiger partial charge is 0.542 e. The minimum atomic E-state index is -5.19. The van der Waals surface area contributed by atoms with Crippen LogP contribution in [0.2, 0.25) is 0 Å². The molecule has 0 spiro atoms. The monoisotopic (exact) mass is 286 g/mol. The molecule has 1 rings (SSSR count). The van der Waals surface area contributed by atoms with Crippen LogP contribution >= 0.6 is 0 Å². The van der Waals surface area contributed by atoms with Crippen LogP contribution in [-0.2, 0) is 9.59 Å². The zero-order valence-corrected chi connectivity index (χ0v) is 10.8. The van der Waals surface area contributed by atoms with Crippen LogP contribution < -0.4 is 10.4 Å². The van der Waals surface area contributed by atoms with Gasteiger partial charge in [-0.05, 0) is 0 Å². The van der Waals surface area contributed by atoms with Crippen molar-refractivity contribution in [3.63, 3.8) is 0 Å². The molecule has 0 aromatic heterocycles. The fraction of sp³-hybridized carbons (Fsp3) is 0.800. The minimum Gasteiger partial charge on any atom is -0.542 e. The van der Waals surface area contributed by atoms with Gasteiger partial charge in [-0.25, -0.2) is 0 Å². The Morgan fingerprint density at radius 2 is 1.74 bits per heavy atom. The van der Waals surface area contributed by atoms with E-state index in [4.69, 9.17) is 15.0 Å². The zero-order chi connectivity index (χ0) is 15.4. The Labute approximate surface area is 108 Å². The number of carboxylic acids is 2. The van der Waals surface area contributed by atoms with Gasteiger partial charge in [-0.3, -0.25) is 10.1 Å². The summed E-state index contributed by atoms with van der Waals surface area (Å²) in [5, 5.41) is 20.5. The molecule has 2 N–H and O–H groups in total. The highest BCUT2D eigenvalue weighted by Gasteiger charge is 2.36. The van der Waals surface area contributed by atoms with Crippen LogP contribution in [0, 0.1) is 0 Å². The van der Waals surface area contributed by atoms with E-state index >= 15 is 0 Å². The number of carbonyl (C=O) groups is 2. The van der Waals surface area contributed by atoms with Crippen molar-refractivity contribution in [2.24, 2.45) is 0 Å². The summed E-state index contributed by atoms with van der Waals surface area (Å²) in [7, 11) is 6.28. The van der Waals surface area contributed by atoms with Crippen molar-refractivity contribution < 1.29 is 37.5 Å². The molecule has 1 aliphatic heterocycles. The van der Waals surface area contributed by atoms with Crippen molar-refractivity contribution in [2.45, 2.75) is 24.7 Å². The van der Waals surface area contributed by atoms with Gasteiger partial charge in [0, 0.05) is 13.0 Å². The zero-order valence-electron chi connectivity index (χ0n) is 10.8. The highest BCUT2D eigenvalue weighted by molar-refractivity contribution is 5.73. The first-order valence-electron chi connectivity index (χ1n) is 5.41. The number of hydrogen-bond donors (Lipinski definition) is 2. The van der Waals surface area contributed by atoms with Gasteiger partial charge >= 0.3 is 12.1 Å². The number of nitrogens with zero attached hydrogens (tertiary/aromatic N) is 1. The fourth-order valence-electron chi connectivity index (χ4n) is 1.50. The summed E-state index contributed by atoms with van der Waals surface area (Å²) in [5.41, 5.74) is 0. The molecule has 1 heterocycles. The standard InChI is InChI=1S/C8H16N2O2.C2HF3O2/c1-10(2,3)6-4-7(8(11)12)9-5-6;3-2(4,5)1(6)7/h6-7,9H,4-5H2,1-3H3;(H,6,7)/t6-,7+;/m0./s1. The second-order valence-electron chi connectivity index (χ2n) is 5.09. The minimum absolute atomic E-state index is 0.340. The molecule has 0 amide bonds. The molecule has 1 fully saturated rings. The first-order chi connectivity index (χ1) is 8.35. The summed E-state index contributed by atoms with van der Waals surface area (Å²) in [4.78, 5) is 19.4. The SMILES string of the molecule is C[N+](C)(C)[C@@H]1CN[C@@H](C(=O)O)C1.O=C([O-])C(F)(F)F. The summed E-state index contributed by atoms with van der Waals surface area (Å²) >= 11 is 0. The average molecular weight is 286 g/mol. The molecule has 2 atom stereocenters. The van der Waals surface area contributed by atoms with Crippen molar-refractivity contribution in [2.75, 3.05) is 27.7 Å². The molecule has 0 saturated carbocycles. The molecule has 19 heavy (non-hydrogen) atoms. The Morgan fingerprint density at radius 1 is 1.32 bits per heavy atom. The number of aliphatic carboxylic acids is 2. The smallest absolute Gasteiger partial charge is 0.430 e. The van der Waals surface area contributed by atoms with Crippen molar-refractivity contribution in [1.29, 1.82) is 0 Å². The molecule has 0 aromatic rings. The van der Waals surface area contributed by atoms with Crippen LogP contribution in [0.1, 0.15) is 6.42 Å². The molecule has 0 radical (unpaired) electrons. The number of quaternary nitrogens is 1. The van der Waals surface area contributed by atoms with Gasteiger partial charge in [-0.15, -0.1) is 0 Å². The lowest BCUT2D eigenvalue weighted by Crippen LogP contribution is -2.46. The number of rotatable bonds is 2. The second-order valence-corrected chi connectivity index (χ2v) is 5.09. The van der Waals surface area contributed by atoms with Crippen LogP contribution in [0.25, 0.3) is 0 Å². The quantitative estimate of drug-likeness (QED) is 0.623. The fourth-order valence-corrected chi connectivity index (χ4v) is 1.50. The summed E-state index contributed by atoms with van der Waals surface area (Å²) in [6.07, 6.45) is -4.46. The molecule has 0 aromatic carbocycles. The first kappa shape index (κ1) is 17.6. The molecule has 1 saturated heterocycles. The van der Waals surface area contributed by atoms with Gasteiger partial charge in [0.2, 0.25) is 0 Å². The molecule has 9 heteroatoms. The third-order valence-corrected chi connectivity index (χ3v) is 2.73. The highest BCUT2D eigenvalue weighted by atomic mass is 19.4. The topological polar surface area (TPSA) is 89.5 Å². The number of carboxylic acid groups (broad SMARTS) is 2. The predicted octanol–water partition coefficient (Wildman–Crippen LogP) is -1.19. The lowest BCUT2D eigenvalue weighted by atomic mass is 10.1. The van der Waals surface area contributed by atoms with E-state index < -0.39 is 18.1 Å². The van der Waals surface area contributed by atoms with Crippen molar-refractivity contribution >= 4 is 11.9 Å². The van der Waals surface area contributed by atoms with E-state index in [2.05, 4.69) is 26.5 Å². The maximum Gasteiger partial charge on any atom is 0.430 e. The van der Waals surface area contributed by atoms with Gasteiger partial charge in [0.15, 0.2) is 0 Å². The van der Waals surface area contributed by atoms with Gasteiger partial charge in [0.05, 0.1) is 21.1 Å². The molecule has 0 bridgehead atoms. The van der Waals surface area contributed by atoms with Crippen LogP contribution in [0.15, 0.2) is 0 Å². The van der Waals surface area contributed by atoms with E-state index in [-0.39, 0.29) is 6.04 Å². The van der Waals surface area contributed by atoms with E-state index in [1.165, 1.54) is 0 Å². The lowest BCUT2D eigenvalue weighted by molar-refractivity contribution is -0.893. The van der Waals surface area contributed by atoms with Crippen LogP contribution in [0.3, 0.4) is 0 Å². The lowest BCUT2D eigenvalue weighted by Gasteiger charge is -2.30. The van der Waals surface area contributed by atoms with Gasteiger partial charge in [-0.2, -0.15) is 13.2 Å². The van der Waals surface area contributed by atoms with Crippen molar-refractivity contribution in [3.8, 4) is 0 Å². The Hall–Kier alpha value is -1.35. The van der Waals surface area contributed by atoms with Gasteiger partial charge in [0.25, 0.3) is 0 Å². The van der Waals surface area contributed by atoms with Crippen LogP contribution in [0.4, 0.5) is 13.2 Å². The number of likely N-dealkylation sites (N-methyl/N-ethyl adjacent to an activating group) is 1.